The lowest BCUT2D eigenvalue weighted by Crippen LogP contribution is -2.59. The molecule has 0 unspecified atom stereocenters. The normalized spacial score (nSPS) is 13.5. The average molecular weight is 1560 g/mol. The van der Waals surface area contributed by atoms with Crippen LogP contribution in [0.4, 0.5) is 5.69 Å². The van der Waals surface area contributed by atoms with Crippen molar-refractivity contribution in [1.82, 2.24) is 58.5 Å². The minimum atomic E-state index is -1.42. The van der Waals surface area contributed by atoms with Crippen LogP contribution in [0.5, 0.6) is 5.75 Å². The van der Waals surface area contributed by atoms with Gasteiger partial charge in [0.2, 0.25) is 59.1 Å². The summed E-state index contributed by atoms with van der Waals surface area (Å²) in [6, 6.07) is 9.83. The monoisotopic (exact) mass is 1560 g/mol. The molecular formula is C71H106N20O14S3. The number of nitrogens with one attached hydrogen (secondary N) is 11. The van der Waals surface area contributed by atoms with Gasteiger partial charge in [-0.3, -0.25) is 62.7 Å². The Labute approximate surface area is 642 Å². The molecule has 108 heavy (non-hydrogen) atoms. The third-order valence-electron chi connectivity index (χ3n) is 16.5. The molecule has 1 aromatic heterocycles. The van der Waals surface area contributed by atoms with Crippen molar-refractivity contribution in [3.8, 4) is 5.75 Å². The number of hydrogen-bond acceptors (Lipinski definition) is 19. The van der Waals surface area contributed by atoms with E-state index in [9.17, 15) is 67.7 Å². The van der Waals surface area contributed by atoms with E-state index < -0.39 is 132 Å². The lowest BCUT2D eigenvalue weighted by atomic mass is 10.0. The Morgan fingerprint density at radius 1 is 0.481 bits per heavy atom. The maximum absolute atomic E-state index is 14.6. The summed E-state index contributed by atoms with van der Waals surface area (Å²) in [5, 5.41) is 50.3. The van der Waals surface area contributed by atoms with E-state index in [2.05, 4.69) is 98.7 Å². The zero-order valence-corrected chi connectivity index (χ0v) is 63.8. The molecule has 0 saturated heterocycles. The number of aliphatic carboxylic acids is 1. The predicted molar refractivity (Wildman–Crippen MR) is 419 cm³/mol. The van der Waals surface area contributed by atoms with E-state index in [1.807, 2.05) is 37.3 Å². The van der Waals surface area contributed by atoms with Crippen LogP contribution in [0.1, 0.15) is 138 Å². The van der Waals surface area contributed by atoms with Gasteiger partial charge in [-0.2, -0.15) is 25.3 Å². The molecule has 34 nitrogen and oxygen atoms in total. The van der Waals surface area contributed by atoms with Crippen LogP contribution in [0.3, 0.4) is 0 Å². The van der Waals surface area contributed by atoms with Crippen LogP contribution in [0, 0.1) is 5.92 Å². The van der Waals surface area contributed by atoms with Crippen molar-refractivity contribution < 1.29 is 67.7 Å². The largest absolute Gasteiger partial charge is 0.508 e. The number of phenols is 1. The number of fused-ring (bicyclic) bond motifs is 1. The van der Waals surface area contributed by atoms with Crippen LogP contribution in [-0.4, -0.2) is 191 Å². The third-order valence-corrected chi connectivity index (χ3v) is 18.4. The number of thiol groups is 2. The van der Waals surface area contributed by atoms with Gasteiger partial charge in [0.25, 0.3) is 5.91 Å². The van der Waals surface area contributed by atoms with Gasteiger partial charge in [0.1, 0.15) is 60.1 Å². The van der Waals surface area contributed by atoms with Crippen molar-refractivity contribution >= 4 is 141 Å². The maximum atomic E-state index is 14.6. The Morgan fingerprint density at radius 2 is 0.981 bits per heavy atom. The highest BCUT2D eigenvalue weighted by atomic mass is 32.1. The van der Waals surface area contributed by atoms with Crippen molar-refractivity contribution in [3.63, 3.8) is 0 Å². The summed E-state index contributed by atoms with van der Waals surface area (Å²) < 4.78 is 0.970. The molecular weight excluding hydrogens is 1450 g/mol. The van der Waals surface area contributed by atoms with Gasteiger partial charge in [-0.05, 0) is 123 Å². The molecule has 0 aliphatic rings. The standard InChI is InChI=1S/C71H106N20O14S3/c1-5-7-17-50(87-67(103)55(39-107)91-59(95)42-24-26-44(27-25-42)82-71(76)77)64(100)88-51(33-40(3)4)61(97)81-37-58(94)83-49(19-14-32-80-70(74)75)63(99)85-47(15-6-2)62(98)89-52(34-41-22-28-45(92)29-23-41)65(101)86-48(18-13-31-79-69(72)73)60(96)78-30-12-8-9-21-57(93)84-54(38-106)66(102)90-53(68(104)105)36-46-35-43-16-10-11-20-56(43)108-46/h10-11,16,20,22-29,35,40,47-55,92,106-107H,5-9,12-15,17-19,21,30-34,36-39H2,1-4H3,(H,78,96)(H,81,97)(H,83,94)(H,84,93)(H,85,99)(H,86,101)(H,87,103)(H,88,100)(H,89,98)(H,90,102)(H,91,95)(H,104,105)(H4,72,73,79)(H4,74,75,80)(H4,76,77,82)/t47-,48-,49-,50-,51-,52-,53-,54-,55-/m0/s1. The van der Waals surface area contributed by atoms with E-state index in [4.69, 9.17) is 34.4 Å². The summed E-state index contributed by atoms with van der Waals surface area (Å²) in [5.74, 6) is -10.4. The average Bonchev–Trinajstić information content (AvgIpc) is 1.78. The summed E-state index contributed by atoms with van der Waals surface area (Å²) >= 11 is 9.92. The Kier molecular flexibility index (Phi) is 40.0. The summed E-state index contributed by atoms with van der Waals surface area (Å²) in [7, 11) is 0. The lowest BCUT2D eigenvalue weighted by Gasteiger charge is -2.27. The van der Waals surface area contributed by atoms with Gasteiger partial charge in [-0.25, -0.2) is 9.79 Å². The van der Waals surface area contributed by atoms with Gasteiger partial charge in [-0.15, -0.1) is 11.3 Å². The summed E-state index contributed by atoms with van der Waals surface area (Å²) in [6.07, 6.45) is 2.95. The molecule has 0 aliphatic heterocycles. The van der Waals surface area contributed by atoms with Crippen molar-refractivity contribution in [2.24, 2.45) is 55.3 Å². The van der Waals surface area contributed by atoms with E-state index in [0.29, 0.717) is 49.8 Å². The minimum absolute atomic E-state index is 0.0119. The number of rotatable bonds is 49. The zero-order chi connectivity index (χ0) is 79.8. The van der Waals surface area contributed by atoms with Gasteiger partial charge < -0.3 is 103 Å². The maximum Gasteiger partial charge on any atom is 0.326 e. The molecule has 0 fully saturated rings. The number of benzene rings is 3. The van der Waals surface area contributed by atoms with E-state index >= 15 is 0 Å². The molecule has 592 valence electrons. The molecule has 1 heterocycles. The van der Waals surface area contributed by atoms with Crippen LogP contribution in [0.25, 0.3) is 10.1 Å². The SMILES string of the molecule is CCCC[C@H](NC(=O)[C@H](CS)NC(=O)c1ccc(N=C(N)N)cc1)C(=O)N[C@@H](CC(C)C)C(=O)NCC(=O)N[C@@H](CCCN=C(N)N)C(=O)N[C@@H](CCC)C(=O)N[C@@H](Cc1ccc(O)cc1)C(=O)N[C@@H](CCCN=C(N)N)C(=O)NCCCCCC(=O)N[C@@H](CS)C(=O)N[C@@H](Cc1cc2ccccc2s1)C(=O)O. The number of carbonyl (C=O) groups excluding carboxylic acids is 11. The number of hydrogen-bond donors (Lipinski definition) is 21. The number of guanidine groups is 3. The fraction of sp³-hybridized carbons (Fsp3) is 0.507. The third kappa shape index (κ3) is 33.6. The fourth-order valence-corrected chi connectivity index (χ4v) is 12.5. The first-order valence-electron chi connectivity index (χ1n) is 35.7. The number of aromatic hydroxyl groups is 1. The molecule has 0 radical (unpaired) electrons. The van der Waals surface area contributed by atoms with Crippen LogP contribution in [0.2, 0.25) is 0 Å². The Hall–Kier alpha value is -10.4. The molecule has 3 aromatic carbocycles. The van der Waals surface area contributed by atoms with Gasteiger partial charge in [-0.1, -0.05) is 83.7 Å². The Morgan fingerprint density at radius 3 is 1.53 bits per heavy atom. The van der Waals surface area contributed by atoms with Crippen molar-refractivity contribution in [2.45, 2.75) is 185 Å². The smallest absolute Gasteiger partial charge is 0.326 e. The zero-order valence-electron chi connectivity index (χ0n) is 61.2. The Bertz CT molecular complexity index is 3710. The predicted octanol–water partition coefficient (Wildman–Crippen LogP) is -0.145. The number of thiophene rings is 1. The second kappa shape index (κ2) is 48.0. The first-order chi connectivity index (χ1) is 51.4. The summed E-state index contributed by atoms with van der Waals surface area (Å²) in [6.45, 7) is 6.73. The second-order valence-electron chi connectivity index (χ2n) is 26.0. The number of carbonyl (C=O) groups is 12. The summed E-state index contributed by atoms with van der Waals surface area (Å²) in [4.78, 5) is 177. The first kappa shape index (κ1) is 90.0. The first-order valence-corrected chi connectivity index (χ1v) is 37.8. The molecule has 9 atom stereocenters. The van der Waals surface area contributed by atoms with Crippen LogP contribution in [-0.2, 0) is 65.6 Å². The number of aliphatic imine (C=N–C) groups is 3. The molecule has 37 heteroatoms. The molecule has 0 spiro atoms. The Balaban J connectivity index is 1.43. The molecule has 11 amide bonds. The van der Waals surface area contributed by atoms with E-state index in [-0.39, 0.29) is 130 Å². The fourth-order valence-electron chi connectivity index (χ4n) is 10.9. The van der Waals surface area contributed by atoms with Gasteiger partial charge in [0.05, 0.1) is 12.2 Å². The van der Waals surface area contributed by atoms with E-state index in [0.717, 1.165) is 15.0 Å². The minimum Gasteiger partial charge on any atom is -0.508 e. The van der Waals surface area contributed by atoms with E-state index in [1.165, 1.54) is 59.9 Å². The number of nitrogens with zero attached hydrogens (tertiary/aromatic N) is 3. The van der Waals surface area contributed by atoms with Crippen LogP contribution >= 0.6 is 36.6 Å². The van der Waals surface area contributed by atoms with Crippen molar-refractivity contribution in [1.29, 1.82) is 0 Å². The van der Waals surface area contributed by atoms with Crippen LogP contribution in [0.15, 0.2) is 93.8 Å². The van der Waals surface area contributed by atoms with Gasteiger partial charge >= 0.3 is 5.97 Å². The molecule has 4 aromatic rings. The highest BCUT2D eigenvalue weighted by Gasteiger charge is 2.34. The topological polar surface area (TPSA) is 571 Å². The number of unbranched alkanes of at least 4 members (excludes halogenated alkanes) is 3. The molecule has 0 saturated carbocycles. The van der Waals surface area contributed by atoms with Crippen molar-refractivity contribution in [2.75, 3.05) is 37.7 Å². The molecule has 0 bridgehead atoms. The number of phenolic OH excluding ortho intramolecular Hbond substituents is 1. The van der Waals surface area contributed by atoms with Gasteiger partial charge in [0.15, 0.2) is 17.9 Å². The van der Waals surface area contributed by atoms with Gasteiger partial charge in [0, 0.05) is 65.5 Å². The van der Waals surface area contributed by atoms with Crippen LogP contribution < -0.4 is 92.9 Å². The quantitative estimate of drug-likeness (QED) is 0.0118. The number of amides is 11. The van der Waals surface area contributed by atoms with E-state index in [1.54, 1.807) is 20.8 Å². The van der Waals surface area contributed by atoms with Crippen molar-refractivity contribution in [3.05, 3.63) is 94.9 Å². The highest BCUT2D eigenvalue weighted by molar-refractivity contribution is 7.80. The highest BCUT2D eigenvalue weighted by Crippen LogP contribution is 2.27. The number of nitrogens with two attached hydrogens (primary N) is 6. The summed E-state index contributed by atoms with van der Waals surface area (Å²) in [5.41, 5.74) is 34.2. The lowest BCUT2D eigenvalue weighted by molar-refractivity contribution is -0.142. The molecule has 25 N–H and O–H groups in total. The molecule has 0 aliphatic carbocycles. The second-order valence-corrected chi connectivity index (χ2v) is 27.9. The number of carboxylic acid groups (broad SMARTS) is 1. The number of carboxylic acids is 1. The molecule has 4 rings (SSSR count).